The van der Waals surface area contributed by atoms with Gasteiger partial charge in [-0.05, 0) is 13.8 Å². The zero-order valence-corrected chi connectivity index (χ0v) is 11.3. The van der Waals surface area contributed by atoms with Gasteiger partial charge in [-0.2, -0.15) is 4.98 Å². The molecule has 0 aliphatic carbocycles. The summed E-state index contributed by atoms with van der Waals surface area (Å²) in [5, 5.41) is 13.0. The minimum Gasteiger partial charge on any atom is -0.395 e. The third kappa shape index (κ3) is 3.62. The van der Waals surface area contributed by atoms with Crippen molar-refractivity contribution in [2.24, 2.45) is 0 Å². The molecule has 0 amide bonds. The van der Waals surface area contributed by atoms with Gasteiger partial charge in [0.2, 0.25) is 11.7 Å². The van der Waals surface area contributed by atoms with E-state index >= 15 is 0 Å². The van der Waals surface area contributed by atoms with Gasteiger partial charge in [0, 0.05) is 18.2 Å². The second-order valence-electron chi connectivity index (χ2n) is 4.67. The number of nitrogens with zero attached hydrogens (tertiary/aromatic N) is 3. The highest BCUT2D eigenvalue weighted by atomic mass is 16.5. The smallest absolute Gasteiger partial charge is 0.241 e. The molecule has 102 valence electrons. The van der Waals surface area contributed by atoms with Crippen molar-refractivity contribution >= 4 is 0 Å². The molecule has 1 heterocycles. The fourth-order valence-electron chi connectivity index (χ4n) is 1.85. The fraction of sp³-hybridized carbons (Fsp3) is 0.429. The molecule has 2 aromatic rings. The molecular weight excluding hydrogens is 242 g/mol. The summed E-state index contributed by atoms with van der Waals surface area (Å²) in [5.74, 6) is 1.17. The van der Waals surface area contributed by atoms with Crippen LogP contribution in [0.25, 0.3) is 11.4 Å². The zero-order valence-electron chi connectivity index (χ0n) is 11.3. The van der Waals surface area contributed by atoms with Gasteiger partial charge in [-0.15, -0.1) is 0 Å². The molecule has 0 saturated carbocycles. The van der Waals surface area contributed by atoms with Crippen LogP contribution in [-0.4, -0.2) is 39.3 Å². The highest BCUT2D eigenvalue weighted by Crippen LogP contribution is 2.16. The van der Waals surface area contributed by atoms with Crippen LogP contribution in [-0.2, 0) is 6.54 Å². The summed E-state index contributed by atoms with van der Waals surface area (Å²) in [6.07, 6.45) is 0. The molecule has 1 aromatic heterocycles. The second-order valence-corrected chi connectivity index (χ2v) is 4.67. The maximum atomic E-state index is 9.04. The highest BCUT2D eigenvalue weighted by Gasteiger charge is 2.14. The van der Waals surface area contributed by atoms with Gasteiger partial charge in [-0.25, -0.2) is 0 Å². The van der Waals surface area contributed by atoms with Crippen LogP contribution in [0.2, 0.25) is 0 Å². The summed E-state index contributed by atoms with van der Waals surface area (Å²) >= 11 is 0. The van der Waals surface area contributed by atoms with Gasteiger partial charge in [-0.3, -0.25) is 4.90 Å². The van der Waals surface area contributed by atoms with Crippen LogP contribution in [0.5, 0.6) is 0 Å². The molecule has 0 aliphatic heterocycles. The second kappa shape index (κ2) is 6.45. The number of aromatic nitrogens is 2. The first-order chi connectivity index (χ1) is 9.20. The van der Waals surface area contributed by atoms with E-state index in [2.05, 4.69) is 28.9 Å². The molecule has 19 heavy (non-hydrogen) atoms. The van der Waals surface area contributed by atoms with Crippen LogP contribution in [0.4, 0.5) is 0 Å². The Labute approximate surface area is 112 Å². The third-order valence-electron chi connectivity index (χ3n) is 2.96. The van der Waals surface area contributed by atoms with E-state index in [9.17, 15) is 0 Å². The van der Waals surface area contributed by atoms with E-state index < -0.39 is 0 Å². The van der Waals surface area contributed by atoms with Crippen molar-refractivity contribution in [2.75, 3.05) is 13.2 Å². The van der Waals surface area contributed by atoms with Gasteiger partial charge in [0.05, 0.1) is 13.2 Å². The maximum absolute atomic E-state index is 9.04. The molecule has 0 fully saturated rings. The summed E-state index contributed by atoms with van der Waals surface area (Å²) in [4.78, 5) is 6.47. The number of hydrogen-bond donors (Lipinski definition) is 1. The molecule has 0 radical (unpaired) electrons. The number of benzene rings is 1. The Morgan fingerprint density at radius 3 is 2.63 bits per heavy atom. The van der Waals surface area contributed by atoms with Crippen molar-refractivity contribution in [2.45, 2.75) is 26.4 Å². The first-order valence-electron chi connectivity index (χ1n) is 6.43. The molecule has 0 atom stereocenters. The molecule has 0 unspecified atom stereocenters. The van der Waals surface area contributed by atoms with Gasteiger partial charge in [0.15, 0.2) is 0 Å². The molecule has 0 spiro atoms. The summed E-state index contributed by atoms with van der Waals surface area (Å²) < 4.78 is 5.26. The highest BCUT2D eigenvalue weighted by molar-refractivity contribution is 5.53. The SMILES string of the molecule is CC(C)N(CCO)Cc1nc(-c2ccccc2)no1. The normalized spacial score (nSPS) is 11.4. The van der Waals surface area contributed by atoms with Crippen molar-refractivity contribution in [3.05, 3.63) is 36.2 Å². The van der Waals surface area contributed by atoms with Crippen LogP contribution in [0, 0.1) is 0 Å². The van der Waals surface area contributed by atoms with E-state index in [1.807, 2.05) is 30.3 Å². The Hall–Kier alpha value is -1.72. The average molecular weight is 261 g/mol. The predicted molar refractivity (Wildman–Crippen MR) is 72.4 cm³/mol. The molecule has 1 aromatic carbocycles. The zero-order chi connectivity index (χ0) is 13.7. The van der Waals surface area contributed by atoms with Gasteiger partial charge in [-0.1, -0.05) is 35.5 Å². The predicted octanol–water partition coefficient (Wildman–Crippen LogP) is 1.94. The largest absolute Gasteiger partial charge is 0.395 e. The quantitative estimate of drug-likeness (QED) is 0.861. The lowest BCUT2D eigenvalue weighted by Crippen LogP contribution is -2.33. The summed E-state index contributed by atoms with van der Waals surface area (Å²) in [7, 11) is 0. The first kappa shape index (κ1) is 13.7. The van der Waals surface area contributed by atoms with Crippen molar-refractivity contribution in [1.82, 2.24) is 15.0 Å². The van der Waals surface area contributed by atoms with Gasteiger partial charge in [0.1, 0.15) is 0 Å². The lowest BCUT2D eigenvalue weighted by Gasteiger charge is -2.23. The number of aliphatic hydroxyl groups excluding tert-OH is 1. The Morgan fingerprint density at radius 2 is 2.00 bits per heavy atom. The van der Waals surface area contributed by atoms with Crippen LogP contribution < -0.4 is 0 Å². The topological polar surface area (TPSA) is 62.4 Å². The van der Waals surface area contributed by atoms with E-state index in [0.717, 1.165) is 5.56 Å². The van der Waals surface area contributed by atoms with Crippen LogP contribution >= 0.6 is 0 Å². The Bertz CT molecular complexity index is 496. The third-order valence-corrected chi connectivity index (χ3v) is 2.96. The minimum atomic E-state index is 0.123. The number of hydrogen-bond acceptors (Lipinski definition) is 5. The standard InChI is InChI=1S/C14H19N3O2/c1-11(2)17(8-9-18)10-13-15-14(16-19-13)12-6-4-3-5-7-12/h3-7,11,18H,8-10H2,1-2H3. The maximum Gasteiger partial charge on any atom is 0.241 e. The van der Waals surface area contributed by atoms with E-state index in [4.69, 9.17) is 9.63 Å². The van der Waals surface area contributed by atoms with Gasteiger partial charge < -0.3 is 9.63 Å². The average Bonchev–Trinajstić information content (AvgIpc) is 2.88. The van der Waals surface area contributed by atoms with Crippen molar-refractivity contribution < 1.29 is 9.63 Å². The summed E-state index contributed by atoms with van der Waals surface area (Å²) in [6, 6.07) is 10.0. The summed E-state index contributed by atoms with van der Waals surface area (Å²) in [5.41, 5.74) is 0.941. The summed E-state index contributed by atoms with van der Waals surface area (Å²) in [6.45, 7) is 5.42. The molecule has 0 saturated heterocycles. The van der Waals surface area contributed by atoms with Gasteiger partial charge in [0.25, 0.3) is 0 Å². The molecule has 0 aliphatic rings. The number of aliphatic hydroxyl groups is 1. The van der Waals surface area contributed by atoms with E-state index in [1.165, 1.54) is 0 Å². The molecule has 1 N–H and O–H groups in total. The van der Waals surface area contributed by atoms with Crippen LogP contribution in [0.3, 0.4) is 0 Å². The van der Waals surface area contributed by atoms with Crippen molar-refractivity contribution in [3.8, 4) is 11.4 Å². The van der Waals surface area contributed by atoms with E-state index in [-0.39, 0.29) is 6.61 Å². The minimum absolute atomic E-state index is 0.123. The van der Waals surface area contributed by atoms with E-state index in [1.54, 1.807) is 0 Å². The Morgan fingerprint density at radius 1 is 1.26 bits per heavy atom. The molecular formula is C14H19N3O2. The molecule has 2 rings (SSSR count). The molecule has 0 bridgehead atoms. The Balaban J connectivity index is 2.09. The number of rotatable bonds is 6. The fourth-order valence-corrected chi connectivity index (χ4v) is 1.85. The molecule has 5 nitrogen and oxygen atoms in total. The van der Waals surface area contributed by atoms with Crippen molar-refractivity contribution in [3.63, 3.8) is 0 Å². The van der Waals surface area contributed by atoms with Gasteiger partial charge >= 0.3 is 0 Å². The first-order valence-corrected chi connectivity index (χ1v) is 6.43. The Kier molecular flexibility index (Phi) is 4.65. The monoisotopic (exact) mass is 261 g/mol. The van der Waals surface area contributed by atoms with E-state index in [0.29, 0.717) is 30.8 Å². The molecule has 5 heteroatoms. The lowest BCUT2D eigenvalue weighted by atomic mass is 10.2. The van der Waals surface area contributed by atoms with Crippen LogP contribution in [0.1, 0.15) is 19.7 Å². The van der Waals surface area contributed by atoms with Crippen LogP contribution in [0.15, 0.2) is 34.9 Å². The van der Waals surface area contributed by atoms with Crippen molar-refractivity contribution in [1.29, 1.82) is 0 Å². The lowest BCUT2D eigenvalue weighted by molar-refractivity contribution is 0.144.